The molecule has 0 bridgehead atoms. The second-order valence-electron chi connectivity index (χ2n) is 6.65. The van der Waals surface area contributed by atoms with Crippen LogP contribution in [0.4, 0.5) is 11.5 Å². The predicted molar refractivity (Wildman–Crippen MR) is 107 cm³/mol. The van der Waals surface area contributed by atoms with Crippen molar-refractivity contribution in [1.29, 1.82) is 0 Å². The van der Waals surface area contributed by atoms with Crippen molar-refractivity contribution in [3.8, 4) is 0 Å². The van der Waals surface area contributed by atoms with Gasteiger partial charge in [-0.05, 0) is 49.1 Å². The van der Waals surface area contributed by atoms with Gasteiger partial charge in [-0.25, -0.2) is 18.2 Å². The van der Waals surface area contributed by atoms with Gasteiger partial charge in [0, 0.05) is 23.8 Å². The standard InChI is InChI=1S/C18H20BrN3O4S/c1-12-3-2-8-22(11-12)17-16(9-13(10-20-17)18(23)24)21-27(25,26)15-6-4-14(19)5-7-15/h4-7,9-10,12,21H,2-3,8,11H2,1H3,(H,23,24). The van der Waals surface area contributed by atoms with Gasteiger partial charge in [-0.1, -0.05) is 22.9 Å². The summed E-state index contributed by atoms with van der Waals surface area (Å²) >= 11 is 3.28. The molecule has 0 aliphatic carbocycles. The number of nitrogens with zero attached hydrogens (tertiary/aromatic N) is 2. The van der Waals surface area contributed by atoms with Crippen LogP contribution < -0.4 is 9.62 Å². The molecule has 0 radical (unpaired) electrons. The molecule has 0 amide bonds. The first-order chi connectivity index (χ1) is 12.8. The molecule has 144 valence electrons. The molecule has 27 heavy (non-hydrogen) atoms. The van der Waals surface area contributed by atoms with Crippen molar-refractivity contribution in [2.45, 2.75) is 24.7 Å². The molecule has 0 saturated carbocycles. The van der Waals surface area contributed by atoms with E-state index >= 15 is 0 Å². The highest BCUT2D eigenvalue weighted by Gasteiger charge is 2.24. The zero-order valence-corrected chi connectivity index (χ0v) is 17.1. The van der Waals surface area contributed by atoms with Crippen LogP contribution in [0.2, 0.25) is 0 Å². The number of piperidine rings is 1. The summed E-state index contributed by atoms with van der Waals surface area (Å²) in [5, 5.41) is 9.26. The van der Waals surface area contributed by atoms with Crippen molar-refractivity contribution in [2.24, 2.45) is 5.92 Å². The van der Waals surface area contributed by atoms with Crippen molar-refractivity contribution in [1.82, 2.24) is 4.98 Å². The summed E-state index contributed by atoms with van der Waals surface area (Å²) in [6.07, 6.45) is 3.33. The maximum atomic E-state index is 12.8. The molecule has 3 rings (SSSR count). The lowest BCUT2D eigenvalue weighted by Gasteiger charge is -2.33. The van der Waals surface area contributed by atoms with E-state index in [0.717, 1.165) is 30.4 Å². The Bertz CT molecular complexity index is 948. The lowest BCUT2D eigenvalue weighted by Crippen LogP contribution is -2.35. The number of sulfonamides is 1. The normalized spacial score (nSPS) is 17.6. The number of benzene rings is 1. The van der Waals surface area contributed by atoms with Gasteiger partial charge in [-0.3, -0.25) is 4.72 Å². The fourth-order valence-electron chi connectivity index (χ4n) is 3.10. The number of aromatic nitrogens is 1. The Kier molecular flexibility index (Phi) is 5.71. The fraction of sp³-hybridized carbons (Fsp3) is 0.333. The molecule has 2 N–H and O–H groups in total. The number of pyridine rings is 1. The first-order valence-electron chi connectivity index (χ1n) is 8.53. The van der Waals surface area contributed by atoms with Crippen LogP contribution in [-0.2, 0) is 10.0 Å². The average Bonchev–Trinajstić information content (AvgIpc) is 2.61. The Labute approximate surface area is 166 Å². The van der Waals surface area contributed by atoms with Crippen LogP contribution in [-0.4, -0.2) is 37.6 Å². The lowest BCUT2D eigenvalue weighted by molar-refractivity contribution is 0.0696. The second kappa shape index (κ2) is 7.85. The number of aromatic carboxylic acids is 1. The van der Waals surface area contributed by atoms with Crippen LogP contribution in [0.1, 0.15) is 30.1 Å². The minimum atomic E-state index is -3.88. The highest BCUT2D eigenvalue weighted by molar-refractivity contribution is 9.10. The number of nitrogens with one attached hydrogen (secondary N) is 1. The van der Waals surface area contributed by atoms with Crippen LogP contribution in [0.5, 0.6) is 0 Å². The van der Waals surface area contributed by atoms with E-state index in [2.05, 4.69) is 32.6 Å². The number of halogens is 1. The van der Waals surface area contributed by atoms with Crippen molar-refractivity contribution >= 4 is 43.4 Å². The average molecular weight is 454 g/mol. The first kappa shape index (κ1) is 19.6. The SMILES string of the molecule is CC1CCCN(c2ncc(C(=O)O)cc2NS(=O)(=O)c2ccc(Br)cc2)C1. The largest absolute Gasteiger partial charge is 0.478 e. The van der Waals surface area contributed by atoms with Crippen LogP contribution in [0.15, 0.2) is 45.9 Å². The van der Waals surface area contributed by atoms with Crippen LogP contribution >= 0.6 is 15.9 Å². The molecule has 1 aromatic heterocycles. The van der Waals surface area contributed by atoms with Gasteiger partial charge in [-0.2, -0.15) is 0 Å². The molecule has 2 aromatic rings. The Balaban J connectivity index is 1.99. The lowest BCUT2D eigenvalue weighted by atomic mass is 10.0. The number of carbonyl (C=O) groups is 1. The van der Waals surface area contributed by atoms with Gasteiger partial charge in [0.25, 0.3) is 10.0 Å². The Hall–Kier alpha value is -2.13. The van der Waals surface area contributed by atoms with E-state index in [-0.39, 0.29) is 16.1 Å². The molecule has 1 unspecified atom stereocenters. The summed E-state index contributed by atoms with van der Waals surface area (Å²) in [6, 6.07) is 7.54. The van der Waals surface area contributed by atoms with Crippen LogP contribution in [0.3, 0.4) is 0 Å². The van der Waals surface area contributed by atoms with E-state index in [9.17, 15) is 18.3 Å². The molecule has 1 aliphatic rings. The van der Waals surface area contributed by atoms with E-state index in [1.165, 1.54) is 24.4 Å². The number of anilines is 2. The van der Waals surface area contributed by atoms with Crippen LogP contribution in [0, 0.1) is 5.92 Å². The molecule has 0 spiro atoms. The number of carboxylic acid groups (broad SMARTS) is 1. The zero-order valence-electron chi connectivity index (χ0n) is 14.7. The number of hydrogen-bond donors (Lipinski definition) is 2. The van der Waals surface area contributed by atoms with Crippen molar-refractivity contribution in [3.63, 3.8) is 0 Å². The molecular weight excluding hydrogens is 434 g/mol. The Morgan fingerprint density at radius 1 is 1.33 bits per heavy atom. The molecule has 9 heteroatoms. The van der Waals surface area contributed by atoms with E-state index < -0.39 is 16.0 Å². The van der Waals surface area contributed by atoms with Crippen molar-refractivity contribution in [2.75, 3.05) is 22.7 Å². The Morgan fingerprint density at radius 2 is 2.04 bits per heavy atom. The summed E-state index contributed by atoms with van der Waals surface area (Å²) in [4.78, 5) is 17.7. The first-order valence-corrected chi connectivity index (χ1v) is 10.8. The van der Waals surface area contributed by atoms with Crippen molar-refractivity contribution in [3.05, 3.63) is 46.6 Å². The maximum Gasteiger partial charge on any atom is 0.337 e. The van der Waals surface area contributed by atoms with Gasteiger partial charge in [0.05, 0.1) is 16.1 Å². The molecule has 1 saturated heterocycles. The topological polar surface area (TPSA) is 99.6 Å². The third kappa shape index (κ3) is 4.59. The van der Waals surface area contributed by atoms with E-state index in [1.54, 1.807) is 12.1 Å². The summed E-state index contributed by atoms with van der Waals surface area (Å²) in [6.45, 7) is 3.62. The Morgan fingerprint density at radius 3 is 2.67 bits per heavy atom. The quantitative estimate of drug-likeness (QED) is 0.717. The molecule has 2 heterocycles. The van der Waals surface area contributed by atoms with Gasteiger partial charge in [0.1, 0.15) is 0 Å². The zero-order chi connectivity index (χ0) is 19.6. The van der Waals surface area contributed by atoms with E-state index in [1.807, 2.05) is 4.90 Å². The maximum absolute atomic E-state index is 12.8. The molecule has 1 fully saturated rings. The summed E-state index contributed by atoms with van der Waals surface area (Å²) in [5.41, 5.74) is 0.101. The third-order valence-electron chi connectivity index (χ3n) is 4.44. The smallest absolute Gasteiger partial charge is 0.337 e. The van der Waals surface area contributed by atoms with Gasteiger partial charge in [0.15, 0.2) is 5.82 Å². The highest BCUT2D eigenvalue weighted by atomic mass is 79.9. The number of rotatable bonds is 5. The molecule has 7 nitrogen and oxygen atoms in total. The summed E-state index contributed by atoms with van der Waals surface area (Å²) < 4.78 is 28.8. The van der Waals surface area contributed by atoms with Crippen LogP contribution in [0.25, 0.3) is 0 Å². The third-order valence-corrected chi connectivity index (χ3v) is 6.35. The molecule has 1 aromatic carbocycles. The van der Waals surface area contributed by atoms with Gasteiger partial charge in [-0.15, -0.1) is 0 Å². The summed E-state index contributed by atoms with van der Waals surface area (Å²) in [5.74, 6) is -0.256. The van der Waals surface area contributed by atoms with E-state index in [0.29, 0.717) is 11.7 Å². The highest BCUT2D eigenvalue weighted by Crippen LogP contribution is 2.30. The molecule has 1 aliphatic heterocycles. The monoisotopic (exact) mass is 453 g/mol. The molecular formula is C18H20BrN3O4S. The van der Waals surface area contributed by atoms with Gasteiger partial charge in [0.2, 0.25) is 0 Å². The molecule has 1 atom stereocenters. The van der Waals surface area contributed by atoms with E-state index in [4.69, 9.17) is 0 Å². The number of hydrogen-bond acceptors (Lipinski definition) is 5. The number of carboxylic acids is 1. The minimum absolute atomic E-state index is 0.0719. The van der Waals surface area contributed by atoms with Crippen molar-refractivity contribution < 1.29 is 18.3 Å². The van der Waals surface area contributed by atoms with Gasteiger partial charge < -0.3 is 10.0 Å². The van der Waals surface area contributed by atoms with Gasteiger partial charge >= 0.3 is 5.97 Å². The predicted octanol–water partition coefficient (Wildman–Crippen LogP) is 3.58. The second-order valence-corrected chi connectivity index (χ2v) is 9.25. The summed E-state index contributed by atoms with van der Waals surface area (Å²) in [7, 11) is -3.88. The fourth-order valence-corrected chi connectivity index (χ4v) is 4.42. The minimum Gasteiger partial charge on any atom is -0.478 e.